The lowest BCUT2D eigenvalue weighted by atomic mass is 9.99. The van der Waals surface area contributed by atoms with E-state index in [9.17, 15) is 9.59 Å². The topological polar surface area (TPSA) is 87.7 Å². The first kappa shape index (κ1) is 10.9. The van der Waals surface area contributed by atoms with Crippen LogP contribution in [0.3, 0.4) is 0 Å². The van der Waals surface area contributed by atoms with Crippen LogP contribution >= 0.6 is 0 Å². The molecule has 3 aromatic rings. The molecule has 20 heavy (non-hydrogen) atoms. The number of hydrogen-bond acceptors (Lipinski definition) is 4. The summed E-state index contributed by atoms with van der Waals surface area (Å²) in [4.78, 5) is 35.0. The molecule has 0 saturated heterocycles. The number of rotatable bonds is 1. The molecule has 6 heteroatoms. The maximum atomic E-state index is 12.0. The summed E-state index contributed by atoms with van der Waals surface area (Å²) < 4.78 is 0. The van der Waals surface area contributed by atoms with E-state index in [-0.39, 0.29) is 11.8 Å². The summed E-state index contributed by atoms with van der Waals surface area (Å²) in [5.74, 6) is -0.755. The van der Waals surface area contributed by atoms with Crippen molar-refractivity contribution in [1.29, 1.82) is 0 Å². The summed E-state index contributed by atoms with van der Waals surface area (Å²) in [6.07, 6.45) is 3.19. The van der Waals surface area contributed by atoms with Gasteiger partial charge >= 0.3 is 0 Å². The molecule has 0 atom stereocenters. The molecule has 2 aromatic heterocycles. The maximum absolute atomic E-state index is 12.0. The number of fused-ring (bicyclic) bond motifs is 2. The highest BCUT2D eigenvalue weighted by atomic mass is 16.2. The lowest BCUT2D eigenvalue weighted by Crippen LogP contribution is -2.20. The first-order valence-corrected chi connectivity index (χ1v) is 6.03. The van der Waals surface area contributed by atoms with Crippen LogP contribution in [-0.4, -0.2) is 26.8 Å². The lowest BCUT2D eigenvalue weighted by Gasteiger charge is -2.06. The highest BCUT2D eigenvalue weighted by molar-refractivity contribution is 6.24. The van der Waals surface area contributed by atoms with Crippen LogP contribution in [0.25, 0.3) is 22.3 Å². The maximum Gasteiger partial charge on any atom is 0.259 e. The third-order valence-electron chi connectivity index (χ3n) is 3.37. The van der Waals surface area contributed by atoms with Crippen molar-refractivity contribution in [2.24, 2.45) is 0 Å². The average Bonchev–Trinajstić information content (AvgIpc) is 3.04. The molecule has 0 aliphatic carbocycles. The summed E-state index contributed by atoms with van der Waals surface area (Å²) in [7, 11) is 0. The van der Waals surface area contributed by atoms with E-state index in [0.717, 1.165) is 5.39 Å². The van der Waals surface area contributed by atoms with Crippen molar-refractivity contribution in [3.05, 3.63) is 47.9 Å². The molecular formula is C14H8N4O2. The Labute approximate surface area is 112 Å². The van der Waals surface area contributed by atoms with Gasteiger partial charge in [-0.15, -0.1) is 0 Å². The van der Waals surface area contributed by atoms with Crippen molar-refractivity contribution >= 4 is 22.8 Å². The van der Waals surface area contributed by atoms with Gasteiger partial charge in [-0.25, -0.2) is 9.97 Å². The van der Waals surface area contributed by atoms with Gasteiger partial charge in [-0.2, -0.15) is 0 Å². The Balaban J connectivity index is 2.08. The van der Waals surface area contributed by atoms with Gasteiger partial charge in [-0.3, -0.25) is 14.9 Å². The Kier molecular flexibility index (Phi) is 2.03. The number of aromatic nitrogens is 3. The quantitative estimate of drug-likeness (QED) is 0.652. The first-order valence-electron chi connectivity index (χ1n) is 6.03. The molecule has 0 unspecified atom stereocenters. The number of carbonyl (C=O) groups excluding carboxylic acids is 2. The van der Waals surface area contributed by atoms with Crippen LogP contribution in [0.1, 0.15) is 20.7 Å². The van der Waals surface area contributed by atoms with Crippen molar-refractivity contribution in [2.45, 2.75) is 0 Å². The van der Waals surface area contributed by atoms with E-state index in [4.69, 9.17) is 0 Å². The molecule has 1 aliphatic heterocycles. The predicted octanol–water partition coefficient (Wildman–Crippen LogP) is 1.51. The zero-order valence-corrected chi connectivity index (χ0v) is 10.2. The van der Waals surface area contributed by atoms with Crippen molar-refractivity contribution < 1.29 is 9.59 Å². The second-order valence-corrected chi connectivity index (χ2v) is 4.47. The number of benzene rings is 1. The van der Waals surface area contributed by atoms with Gasteiger partial charge in [0.15, 0.2) is 0 Å². The molecule has 2 amide bonds. The van der Waals surface area contributed by atoms with E-state index in [1.165, 1.54) is 6.33 Å². The fourth-order valence-corrected chi connectivity index (χ4v) is 2.50. The largest absolute Gasteiger partial charge is 0.346 e. The summed E-state index contributed by atoms with van der Waals surface area (Å²) >= 11 is 0. The molecule has 1 aromatic carbocycles. The monoisotopic (exact) mass is 264 g/mol. The molecule has 3 heterocycles. The van der Waals surface area contributed by atoms with Crippen LogP contribution in [0, 0.1) is 0 Å². The fraction of sp³-hybridized carbons (Fsp3) is 0. The van der Waals surface area contributed by atoms with E-state index in [1.807, 2.05) is 6.07 Å². The SMILES string of the molecule is O=C1NC(=O)c2c1cccc2-c1ncnc2[nH]ccc12. The van der Waals surface area contributed by atoms with E-state index in [1.54, 1.807) is 24.4 Å². The van der Waals surface area contributed by atoms with Gasteiger partial charge in [0, 0.05) is 17.1 Å². The van der Waals surface area contributed by atoms with Gasteiger partial charge in [0.25, 0.3) is 11.8 Å². The van der Waals surface area contributed by atoms with Crippen LogP contribution in [0.4, 0.5) is 0 Å². The zero-order chi connectivity index (χ0) is 13.7. The Morgan fingerprint density at radius 3 is 2.70 bits per heavy atom. The number of imide groups is 1. The van der Waals surface area contributed by atoms with E-state index in [2.05, 4.69) is 20.3 Å². The molecule has 1 aliphatic rings. The Bertz CT molecular complexity index is 882. The van der Waals surface area contributed by atoms with Gasteiger partial charge in [0.2, 0.25) is 0 Å². The Morgan fingerprint density at radius 2 is 1.80 bits per heavy atom. The predicted molar refractivity (Wildman–Crippen MR) is 71.1 cm³/mol. The molecule has 6 nitrogen and oxygen atoms in total. The normalized spacial score (nSPS) is 13.6. The zero-order valence-electron chi connectivity index (χ0n) is 10.2. The number of H-pyrrole nitrogens is 1. The number of aromatic amines is 1. The third kappa shape index (κ3) is 1.33. The van der Waals surface area contributed by atoms with Crippen LogP contribution in [0.2, 0.25) is 0 Å². The van der Waals surface area contributed by atoms with E-state index in [0.29, 0.717) is 28.0 Å². The molecule has 0 radical (unpaired) electrons. The summed E-state index contributed by atoms with van der Waals surface area (Å²) in [5, 5.41) is 3.12. The van der Waals surface area contributed by atoms with Crippen LogP contribution in [0.15, 0.2) is 36.8 Å². The lowest BCUT2D eigenvalue weighted by molar-refractivity contribution is 0.0880. The van der Waals surface area contributed by atoms with Gasteiger partial charge in [-0.1, -0.05) is 12.1 Å². The smallest absolute Gasteiger partial charge is 0.259 e. The van der Waals surface area contributed by atoms with Crippen molar-refractivity contribution in [2.75, 3.05) is 0 Å². The number of amides is 2. The van der Waals surface area contributed by atoms with E-state index < -0.39 is 0 Å². The number of carbonyl (C=O) groups is 2. The standard InChI is InChI=1S/C14H8N4O2/c19-13-8-3-1-2-7(10(8)14(20)18-13)11-9-4-5-15-12(9)17-6-16-11/h1-6H,(H,15,16,17)(H,18,19,20). The highest BCUT2D eigenvalue weighted by Gasteiger charge is 2.30. The van der Waals surface area contributed by atoms with Gasteiger partial charge in [-0.05, 0) is 12.1 Å². The van der Waals surface area contributed by atoms with Gasteiger partial charge in [0.1, 0.15) is 12.0 Å². The second kappa shape index (κ2) is 3.74. The highest BCUT2D eigenvalue weighted by Crippen LogP contribution is 2.31. The van der Waals surface area contributed by atoms with Crippen molar-refractivity contribution in [3.63, 3.8) is 0 Å². The first-order chi connectivity index (χ1) is 9.75. The molecule has 2 N–H and O–H groups in total. The molecule has 0 spiro atoms. The van der Waals surface area contributed by atoms with Crippen LogP contribution in [-0.2, 0) is 0 Å². The number of nitrogens with zero attached hydrogens (tertiary/aromatic N) is 2. The summed E-state index contributed by atoms with van der Waals surface area (Å²) in [6.45, 7) is 0. The van der Waals surface area contributed by atoms with Crippen LogP contribution < -0.4 is 5.32 Å². The molecular weight excluding hydrogens is 256 g/mol. The molecule has 0 bridgehead atoms. The minimum Gasteiger partial charge on any atom is -0.346 e. The van der Waals surface area contributed by atoms with Gasteiger partial charge in [0.05, 0.1) is 16.8 Å². The number of hydrogen-bond donors (Lipinski definition) is 2. The van der Waals surface area contributed by atoms with Crippen LogP contribution in [0.5, 0.6) is 0 Å². The van der Waals surface area contributed by atoms with Crippen molar-refractivity contribution in [1.82, 2.24) is 20.3 Å². The number of nitrogens with one attached hydrogen (secondary N) is 2. The Hall–Kier alpha value is -3.02. The fourth-order valence-electron chi connectivity index (χ4n) is 2.50. The average molecular weight is 264 g/mol. The summed E-state index contributed by atoms with van der Waals surface area (Å²) in [6, 6.07) is 7.01. The molecule has 0 saturated carbocycles. The summed E-state index contributed by atoms with van der Waals surface area (Å²) in [5.41, 5.74) is 2.72. The minimum absolute atomic E-state index is 0.369. The second-order valence-electron chi connectivity index (χ2n) is 4.47. The molecule has 0 fully saturated rings. The van der Waals surface area contributed by atoms with E-state index >= 15 is 0 Å². The molecule has 4 rings (SSSR count). The molecule has 96 valence electrons. The van der Waals surface area contributed by atoms with Gasteiger partial charge < -0.3 is 4.98 Å². The van der Waals surface area contributed by atoms with Crippen molar-refractivity contribution in [3.8, 4) is 11.3 Å². The minimum atomic E-state index is -0.386. The third-order valence-corrected chi connectivity index (χ3v) is 3.37. The Morgan fingerprint density at radius 1 is 0.950 bits per heavy atom.